The van der Waals surface area contributed by atoms with Gasteiger partial charge in [0.15, 0.2) is 0 Å². The Kier molecular flexibility index (Phi) is 5.90. The average Bonchev–Trinajstić information content (AvgIpc) is 2.30. The summed E-state index contributed by atoms with van der Waals surface area (Å²) in [6, 6.07) is 8.50. The highest BCUT2D eigenvalue weighted by molar-refractivity contribution is 5.30. The van der Waals surface area contributed by atoms with Crippen molar-refractivity contribution in [3.8, 4) is 5.75 Å². The molecular formula is C13H21NO2. The van der Waals surface area contributed by atoms with Gasteiger partial charge in [0, 0.05) is 19.7 Å². The molecule has 0 saturated heterocycles. The van der Waals surface area contributed by atoms with Crippen LogP contribution in [0.1, 0.15) is 25.5 Å². The molecule has 3 nitrogen and oxygen atoms in total. The van der Waals surface area contributed by atoms with Crippen molar-refractivity contribution in [1.29, 1.82) is 0 Å². The van der Waals surface area contributed by atoms with Crippen LogP contribution in [0.25, 0.3) is 0 Å². The van der Waals surface area contributed by atoms with Crippen molar-refractivity contribution in [2.24, 2.45) is 0 Å². The van der Waals surface area contributed by atoms with E-state index in [1.165, 1.54) is 5.56 Å². The lowest BCUT2D eigenvalue weighted by atomic mass is 10.1. The van der Waals surface area contributed by atoms with E-state index in [4.69, 9.17) is 9.47 Å². The van der Waals surface area contributed by atoms with Crippen molar-refractivity contribution in [2.45, 2.75) is 19.9 Å². The van der Waals surface area contributed by atoms with Crippen molar-refractivity contribution in [2.75, 3.05) is 26.9 Å². The van der Waals surface area contributed by atoms with Crippen molar-refractivity contribution >= 4 is 0 Å². The molecule has 1 aromatic carbocycles. The van der Waals surface area contributed by atoms with Crippen LogP contribution in [0.3, 0.4) is 0 Å². The molecule has 0 bridgehead atoms. The molecule has 0 heterocycles. The van der Waals surface area contributed by atoms with Crippen molar-refractivity contribution in [3.63, 3.8) is 0 Å². The lowest BCUT2D eigenvalue weighted by Crippen LogP contribution is -2.22. The maximum Gasteiger partial charge on any atom is 0.119 e. The molecule has 0 fully saturated rings. The van der Waals surface area contributed by atoms with E-state index >= 15 is 0 Å². The Morgan fingerprint density at radius 3 is 2.88 bits per heavy atom. The summed E-state index contributed by atoms with van der Waals surface area (Å²) in [5, 5.41) is 3.39. The van der Waals surface area contributed by atoms with E-state index in [1.807, 2.05) is 19.1 Å². The van der Waals surface area contributed by atoms with E-state index in [9.17, 15) is 0 Å². The number of methoxy groups -OCH3 is 1. The highest BCUT2D eigenvalue weighted by atomic mass is 16.5. The van der Waals surface area contributed by atoms with Crippen LogP contribution in [0.4, 0.5) is 0 Å². The van der Waals surface area contributed by atoms with E-state index in [0.29, 0.717) is 12.6 Å². The zero-order valence-electron chi connectivity index (χ0n) is 10.3. The maximum absolute atomic E-state index is 5.47. The summed E-state index contributed by atoms with van der Waals surface area (Å²) in [6.07, 6.45) is 0. The topological polar surface area (TPSA) is 30.5 Å². The third-order valence-corrected chi connectivity index (χ3v) is 2.43. The monoisotopic (exact) mass is 223 g/mol. The molecule has 0 saturated carbocycles. The number of ether oxygens (including phenoxy) is 2. The largest absolute Gasteiger partial charge is 0.494 e. The molecule has 0 radical (unpaired) electrons. The molecule has 90 valence electrons. The summed E-state index contributed by atoms with van der Waals surface area (Å²) in [7, 11) is 1.71. The third-order valence-electron chi connectivity index (χ3n) is 2.43. The molecule has 0 aliphatic carbocycles. The first-order chi connectivity index (χ1) is 7.77. The minimum absolute atomic E-state index is 0.315. The predicted octanol–water partition coefficient (Wildman–Crippen LogP) is 2.38. The second-order valence-corrected chi connectivity index (χ2v) is 3.67. The van der Waals surface area contributed by atoms with Gasteiger partial charge < -0.3 is 14.8 Å². The van der Waals surface area contributed by atoms with E-state index in [2.05, 4.69) is 24.4 Å². The number of rotatable bonds is 7. The molecule has 16 heavy (non-hydrogen) atoms. The van der Waals surface area contributed by atoms with Crippen molar-refractivity contribution < 1.29 is 9.47 Å². The van der Waals surface area contributed by atoms with Gasteiger partial charge in [0.05, 0.1) is 13.2 Å². The Morgan fingerprint density at radius 1 is 1.38 bits per heavy atom. The van der Waals surface area contributed by atoms with Crippen LogP contribution >= 0.6 is 0 Å². The maximum atomic E-state index is 5.47. The van der Waals surface area contributed by atoms with Crippen LogP contribution in [-0.4, -0.2) is 26.9 Å². The molecule has 1 atom stereocenters. The number of hydrogen-bond acceptors (Lipinski definition) is 3. The molecule has 0 unspecified atom stereocenters. The van der Waals surface area contributed by atoms with Gasteiger partial charge >= 0.3 is 0 Å². The normalized spacial score (nSPS) is 12.4. The van der Waals surface area contributed by atoms with Gasteiger partial charge in [-0.15, -0.1) is 0 Å². The summed E-state index contributed by atoms with van der Waals surface area (Å²) in [4.78, 5) is 0. The van der Waals surface area contributed by atoms with Gasteiger partial charge in [-0.2, -0.15) is 0 Å². The Bertz CT molecular complexity index is 302. The first kappa shape index (κ1) is 13.0. The Labute approximate surface area is 97.8 Å². The Hall–Kier alpha value is -1.06. The van der Waals surface area contributed by atoms with Gasteiger partial charge in [-0.25, -0.2) is 0 Å². The Balaban J connectivity index is 2.53. The second kappa shape index (κ2) is 7.25. The molecule has 0 aliphatic heterocycles. The standard InChI is InChI=1S/C13H21NO2/c1-4-16-13-7-5-6-12(10-13)11(2)14-8-9-15-3/h5-7,10-11,14H,4,8-9H2,1-3H3/t11-/m0/s1. The van der Waals surface area contributed by atoms with Gasteiger partial charge in [0.1, 0.15) is 5.75 Å². The van der Waals surface area contributed by atoms with E-state index in [0.717, 1.165) is 18.9 Å². The summed E-state index contributed by atoms with van der Waals surface area (Å²) in [5.41, 5.74) is 1.24. The SMILES string of the molecule is CCOc1cccc([C@H](C)NCCOC)c1. The molecule has 1 N–H and O–H groups in total. The molecule has 1 rings (SSSR count). The van der Waals surface area contributed by atoms with Crippen LogP contribution in [-0.2, 0) is 4.74 Å². The van der Waals surface area contributed by atoms with Gasteiger partial charge in [-0.05, 0) is 31.5 Å². The van der Waals surface area contributed by atoms with Crippen LogP contribution in [0.15, 0.2) is 24.3 Å². The molecular weight excluding hydrogens is 202 g/mol. The number of benzene rings is 1. The van der Waals surface area contributed by atoms with E-state index in [1.54, 1.807) is 7.11 Å². The number of nitrogens with one attached hydrogen (secondary N) is 1. The fraction of sp³-hybridized carbons (Fsp3) is 0.538. The highest BCUT2D eigenvalue weighted by Gasteiger charge is 2.05. The van der Waals surface area contributed by atoms with Crippen LogP contribution in [0, 0.1) is 0 Å². The lowest BCUT2D eigenvalue weighted by Gasteiger charge is -2.15. The predicted molar refractivity (Wildman–Crippen MR) is 65.9 cm³/mol. The molecule has 0 amide bonds. The van der Waals surface area contributed by atoms with Crippen molar-refractivity contribution in [1.82, 2.24) is 5.32 Å². The third kappa shape index (κ3) is 4.21. The molecule has 0 aromatic heterocycles. The highest BCUT2D eigenvalue weighted by Crippen LogP contribution is 2.18. The average molecular weight is 223 g/mol. The van der Waals surface area contributed by atoms with Gasteiger partial charge in [-0.1, -0.05) is 12.1 Å². The minimum Gasteiger partial charge on any atom is -0.494 e. The smallest absolute Gasteiger partial charge is 0.119 e. The van der Waals surface area contributed by atoms with E-state index in [-0.39, 0.29) is 0 Å². The number of hydrogen-bond donors (Lipinski definition) is 1. The van der Waals surface area contributed by atoms with Gasteiger partial charge in [0.2, 0.25) is 0 Å². The summed E-state index contributed by atoms with van der Waals surface area (Å²) < 4.78 is 10.5. The van der Waals surface area contributed by atoms with Gasteiger partial charge in [-0.3, -0.25) is 0 Å². The second-order valence-electron chi connectivity index (χ2n) is 3.67. The van der Waals surface area contributed by atoms with Crippen LogP contribution in [0.5, 0.6) is 5.75 Å². The van der Waals surface area contributed by atoms with Gasteiger partial charge in [0.25, 0.3) is 0 Å². The fourth-order valence-corrected chi connectivity index (χ4v) is 1.54. The minimum atomic E-state index is 0.315. The fourth-order valence-electron chi connectivity index (χ4n) is 1.54. The Morgan fingerprint density at radius 2 is 2.19 bits per heavy atom. The first-order valence-corrected chi connectivity index (χ1v) is 5.73. The summed E-state index contributed by atoms with van der Waals surface area (Å²) >= 11 is 0. The summed E-state index contributed by atoms with van der Waals surface area (Å²) in [6.45, 7) is 6.43. The zero-order chi connectivity index (χ0) is 11.8. The zero-order valence-corrected chi connectivity index (χ0v) is 10.3. The molecule has 0 aliphatic rings. The first-order valence-electron chi connectivity index (χ1n) is 5.73. The molecule has 0 spiro atoms. The van der Waals surface area contributed by atoms with Crippen molar-refractivity contribution in [3.05, 3.63) is 29.8 Å². The quantitative estimate of drug-likeness (QED) is 0.720. The molecule has 1 aromatic rings. The molecule has 3 heteroatoms. The van der Waals surface area contributed by atoms with E-state index < -0.39 is 0 Å². The summed E-state index contributed by atoms with van der Waals surface area (Å²) in [5.74, 6) is 0.931. The van der Waals surface area contributed by atoms with Crippen LogP contribution in [0.2, 0.25) is 0 Å². The van der Waals surface area contributed by atoms with Crippen LogP contribution < -0.4 is 10.1 Å². The lowest BCUT2D eigenvalue weighted by molar-refractivity contribution is 0.196.